The molecule has 49 heavy (non-hydrogen) atoms. The molecule has 0 saturated carbocycles. The van der Waals surface area contributed by atoms with Crippen molar-refractivity contribution < 1.29 is 113 Å². The van der Waals surface area contributed by atoms with E-state index in [1.54, 1.807) is 0 Å². The highest BCUT2D eigenvalue weighted by atomic mass is 16.8. The summed E-state index contributed by atoms with van der Waals surface area (Å²) in [6.45, 7) is -0.666. The van der Waals surface area contributed by atoms with E-state index >= 15 is 0 Å². The first-order valence-corrected chi connectivity index (χ1v) is 14.7. The van der Waals surface area contributed by atoms with Crippen molar-refractivity contribution in [1.29, 1.82) is 0 Å². The van der Waals surface area contributed by atoms with Gasteiger partial charge in [-0.15, -0.1) is 0 Å². The van der Waals surface area contributed by atoms with E-state index in [2.05, 4.69) is 0 Å². The minimum atomic E-state index is -2.31. The zero-order chi connectivity index (χ0) is 36.5. The summed E-state index contributed by atoms with van der Waals surface area (Å²) in [6, 6.07) is 0. The van der Waals surface area contributed by atoms with Gasteiger partial charge in [-0.1, -0.05) is 0 Å². The molecule has 11 N–H and O–H groups in total. The van der Waals surface area contributed by atoms with Crippen LogP contribution in [0.4, 0.5) is 0 Å². The monoisotopic (exact) mass is 720 g/mol. The van der Waals surface area contributed by atoms with Gasteiger partial charge in [0.05, 0.1) is 19.3 Å². The van der Waals surface area contributed by atoms with E-state index in [4.69, 9.17) is 42.6 Å². The number of carboxylic acid groups (broad SMARTS) is 3. The largest absolute Gasteiger partial charge is 0.479 e. The SMILES string of the molecule is CO[C@@H]1OC[C@@H](CO[C@@H]2O[C@@H](C(=O)O)[C@@H](O[C@@H]3OC(C(=O)O)[C@@H](O[C@@H]4O[C@@H](C(=O)O)[C@@H](OC)C(O)C4O)[C@H](O)C3O)C(O)C2O)[C@@H](O)C1O. The maximum absolute atomic E-state index is 12.1. The Hall–Kier alpha value is -2.27. The number of aliphatic hydroxyl groups is 8. The predicted octanol–water partition coefficient (Wildman–Crippen LogP) is -7.28. The van der Waals surface area contributed by atoms with Crippen LogP contribution in [0.3, 0.4) is 0 Å². The van der Waals surface area contributed by atoms with Crippen LogP contribution in [-0.4, -0.2) is 212 Å². The second-order valence-electron chi connectivity index (χ2n) is 11.6. The molecular formula is C26H40O23. The molecule has 7 unspecified atom stereocenters. The average Bonchev–Trinajstić information content (AvgIpc) is 3.05. The van der Waals surface area contributed by atoms with Gasteiger partial charge in [-0.3, -0.25) is 0 Å². The number of methoxy groups -OCH3 is 2. The van der Waals surface area contributed by atoms with Crippen molar-refractivity contribution in [3.05, 3.63) is 0 Å². The number of rotatable bonds is 12. The number of carbonyl (C=O) groups is 3. The molecular weight excluding hydrogens is 680 g/mol. The number of carboxylic acids is 3. The van der Waals surface area contributed by atoms with Crippen molar-refractivity contribution >= 4 is 17.9 Å². The zero-order valence-corrected chi connectivity index (χ0v) is 25.7. The third kappa shape index (κ3) is 8.13. The first-order chi connectivity index (χ1) is 23.0. The summed E-state index contributed by atoms with van der Waals surface area (Å²) >= 11 is 0. The molecule has 4 heterocycles. The summed E-state index contributed by atoms with van der Waals surface area (Å²) in [7, 11) is 2.26. The van der Waals surface area contributed by atoms with Crippen molar-refractivity contribution in [2.75, 3.05) is 27.4 Å². The third-order valence-corrected chi connectivity index (χ3v) is 8.51. The smallest absolute Gasteiger partial charge is 0.335 e. The molecule has 0 aromatic heterocycles. The topological polar surface area (TPSA) is 357 Å². The van der Waals surface area contributed by atoms with Crippen LogP contribution in [0, 0.1) is 5.92 Å². The van der Waals surface area contributed by atoms with Crippen LogP contribution in [-0.2, 0) is 57.0 Å². The molecule has 0 bridgehead atoms. The van der Waals surface area contributed by atoms with Gasteiger partial charge in [-0.2, -0.15) is 0 Å². The fraction of sp³-hybridized carbons (Fsp3) is 0.885. The van der Waals surface area contributed by atoms with E-state index in [0.29, 0.717) is 0 Å². The molecule has 4 saturated heterocycles. The lowest BCUT2D eigenvalue weighted by molar-refractivity contribution is -0.371. The lowest BCUT2D eigenvalue weighted by atomic mass is 9.95. The van der Waals surface area contributed by atoms with Crippen LogP contribution in [0.2, 0.25) is 0 Å². The molecule has 4 aliphatic heterocycles. The number of ether oxygens (including phenoxy) is 9. The van der Waals surface area contributed by atoms with Crippen LogP contribution in [0.1, 0.15) is 0 Å². The van der Waals surface area contributed by atoms with Crippen molar-refractivity contribution in [1.82, 2.24) is 0 Å². The Morgan fingerprint density at radius 2 is 0.918 bits per heavy atom. The van der Waals surface area contributed by atoms with E-state index in [9.17, 15) is 70.6 Å². The summed E-state index contributed by atoms with van der Waals surface area (Å²) in [5.74, 6) is -6.25. The highest BCUT2D eigenvalue weighted by Crippen LogP contribution is 2.34. The standard InChI is InChI=1S/C26H40O23/c1-41-14-7(28)12(33)25(48-17(14)20(35)36)46-16-9(30)13(34)26(49-19(16)22(39)40)45-15-8(29)11(32)24(47-18(15)21(37)38)44-4-5-3-43-23(42-2)10(31)6(5)27/h5-19,23-34H,3-4H2,1-2H3,(H,35,36)(H,37,38)(H,39,40)/t5-,6+,7?,8?,9+,10?,11?,12?,13?,14-,15-,16-,17+,18+,19?,23+,24+,25+,26+/m0/s1. The third-order valence-electron chi connectivity index (χ3n) is 8.51. The Kier molecular flexibility index (Phi) is 13.2. The van der Waals surface area contributed by atoms with Crippen molar-refractivity contribution in [2.24, 2.45) is 5.92 Å². The summed E-state index contributed by atoms with van der Waals surface area (Å²) in [4.78, 5) is 35.9. The molecule has 0 spiro atoms. The van der Waals surface area contributed by atoms with Crippen LogP contribution >= 0.6 is 0 Å². The van der Waals surface area contributed by atoms with Gasteiger partial charge in [0, 0.05) is 20.1 Å². The molecule has 0 aromatic carbocycles. The molecule has 19 atom stereocenters. The maximum atomic E-state index is 12.1. The first kappa shape index (κ1) is 39.5. The lowest BCUT2D eigenvalue weighted by Gasteiger charge is -2.47. The quantitative estimate of drug-likeness (QED) is 0.0891. The molecule has 0 radical (unpaired) electrons. The van der Waals surface area contributed by atoms with Crippen molar-refractivity contribution in [3.63, 3.8) is 0 Å². The van der Waals surface area contributed by atoms with Gasteiger partial charge in [0.2, 0.25) is 0 Å². The first-order valence-electron chi connectivity index (χ1n) is 14.7. The van der Waals surface area contributed by atoms with E-state index in [0.717, 1.165) is 7.11 Å². The normalized spacial score (nSPS) is 47.8. The molecule has 282 valence electrons. The Labute approximate surface area is 275 Å². The van der Waals surface area contributed by atoms with Gasteiger partial charge in [0.1, 0.15) is 61.0 Å². The minimum absolute atomic E-state index is 0.189. The zero-order valence-electron chi connectivity index (χ0n) is 25.7. The van der Waals surface area contributed by atoms with Gasteiger partial charge < -0.3 is 98.8 Å². The Morgan fingerprint density at radius 3 is 1.35 bits per heavy atom. The highest BCUT2D eigenvalue weighted by molar-refractivity contribution is 5.74. The molecule has 23 heteroatoms. The predicted molar refractivity (Wildman–Crippen MR) is 144 cm³/mol. The van der Waals surface area contributed by atoms with Gasteiger partial charge in [-0.25, -0.2) is 14.4 Å². The summed E-state index contributed by atoms with van der Waals surface area (Å²) in [6.07, 6.45) is -35.4. The van der Waals surface area contributed by atoms with E-state index in [1.807, 2.05) is 0 Å². The number of aliphatic carboxylic acids is 3. The van der Waals surface area contributed by atoms with Gasteiger partial charge >= 0.3 is 17.9 Å². The van der Waals surface area contributed by atoms with E-state index in [1.165, 1.54) is 7.11 Å². The van der Waals surface area contributed by atoms with Gasteiger partial charge in [0.15, 0.2) is 43.5 Å². The molecule has 0 aliphatic carbocycles. The van der Waals surface area contributed by atoms with Crippen molar-refractivity contribution in [3.8, 4) is 0 Å². The number of hydrogen-bond donors (Lipinski definition) is 11. The minimum Gasteiger partial charge on any atom is -0.479 e. The second kappa shape index (κ2) is 16.4. The fourth-order valence-corrected chi connectivity index (χ4v) is 5.77. The molecule has 0 amide bonds. The van der Waals surface area contributed by atoms with Crippen LogP contribution in [0.25, 0.3) is 0 Å². The summed E-state index contributed by atoms with van der Waals surface area (Å²) < 4.78 is 46.7. The van der Waals surface area contributed by atoms with Crippen molar-refractivity contribution in [2.45, 2.75) is 111 Å². The fourth-order valence-electron chi connectivity index (χ4n) is 5.77. The molecule has 4 fully saturated rings. The van der Waals surface area contributed by atoms with Crippen LogP contribution in [0.5, 0.6) is 0 Å². The van der Waals surface area contributed by atoms with Gasteiger partial charge in [0.25, 0.3) is 0 Å². The number of aliphatic hydroxyl groups excluding tert-OH is 8. The highest BCUT2D eigenvalue weighted by Gasteiger charge is 2.57. The summed E-state index contributed by atoms with van der Waals surface area (Å²) in [5, 5.41) is 113. The van der Waals surface area contributed by atoms with E-state index < -0.39 is 141 Å². The maximum Gasteiger partial charge on any atom is 0.335 e. The number of hydrogen-bond acceptors (Lipinski definition) is 20. The van der Waals surface area contributed by atoms with Crippen LogP contribution < -0.4 is 0 Å². The van der Waals surface area contributed by atoms with Crippen LogP contribution in [0.15, 0.2) is 0 Å². The molecule has 4 rings (SSSR count). The lowest BCUT2D eigenvalue weighted by Crippen LogP contribution is -2.67. The molecule has 4 aliphatic rings. The molecule has 0 aromatic rings. The van der Waals surface area contributed by atoms with Gasteiger partial charge in [-0.05, 0) is 0 Å². The Bertz CT molecular complexity index is 1140. The van der Waals surface area contributed by atoms with E-state index in [-0.39, 0.29) is 6.61 Å². The average molecular weight is 721 g/mol. The second-order valence-corrected chi connectivity index (χ2v) is 11.6. The Morgan fingerprint density at radius 1 is 0.531 bits per heavy atom. The molecule has 23 nitrogen and oxygen atoms in total. The summed E-state index contributed by atoms with van der Waals surface area (Å²) in [5.41, 5.74) is 0. The Balaban J connectivity index is 1.45.